The second kappa shape index (κ2) is 6.69. The molecule has 1 aromatic carbocycles. The first-order valence-electron chi connectivity index (χ1n) is 6.71. The van der Waals surface area contributed by atoms with E-state index in [1.807, 2.05) is 0 Å². The molecule has 1 aromatic heterocycles. The van der Waals surface area contributed by atoms with Gasteiger partial charge in [0.1, 0.15) is 6.61 Å². The van der Waals surface area contributed by atoms with Crippen molar-refractivity contribution in [1.29, 1.82) is 0 Å². The van der Waals surface area contributed by atoms with E-state index in [-0.39, 0.29) is 30.0 Å². The van der Waals surface area contributed by atoms with Crippen LogP contribution in [-0.4, -0.2) is 22.4 Å². The summed E-state index contributed by atoms with van der Waals surface area (Å²) in [6.07, 6.45) is -7.81. The Morgan fingerprint density at radius 3 is 1.84 bits per heavy atom. The van der Waals surface area contributed by atoms with Gasteiger partial charge in [-0.05, 0) is 25.1 Å². The summed E-state index contributed by atoms with van der Waals surface area (Å²) in [4.78, 5) is 18.2. The van der Waals surface area contributed by atoms with Gasteiger partial charge in [0.2, 0.25) is 0 Å². The summed E-state index contributed by atoms with van der Waals surface area (Å²) in [7, 11) is 0. The smallest absolute Gasteiger partial charge is 0.416 e. The molecule has 0 saturated heterocycles. The van der Waals surface area contributed by atoms with Crippen LogP contribution in [0.2, 0.25) is 0 Å². The first kappa shape index (κ1) is 18.7. The largest absolute Gasteiger partial charge is 0.483 e. The second-order valence-electron chi connectivity index (χ2n) is 5.03. The van der Waals surface area contributed by atoms with Crippen LogP contribution in [-0.2, 0) is 17.1 Å². The first-order valence-corrected chi connectivity index (χ1v) is 6.71. The van der Waals surface area contributed by atoms with Gasteiger partial charge in [0, 0.05) is 5.56 Å². The molecular weight excluding hydrogens is 354 g/mol. The molecule has 0 N–H and O–H groups in total. The number of carbonyl (C=O) groups excluding carboxylic acids is 1. The lowest BCUT2D eigenvalue weighted by atomic mass is 10.0. The summed E-state index contributed by atoms with van der Waals surface area (Å²) in [5.41, 5.74) is -3.36. The van der Waals surface area contributed by atoms with Crippen molar-refractivity contribution in [1.82, 2.24) is 9.97 Å². The molecule has 4 nitrogen and oxygen atoms in total. The van der Waals surface area contributed by atoms with Crippen LogP contribution in [0.3, 0.4) is 0 Å². The number of Topliss-reactive ketones (excluding diaryl/α,β-unsaturated/α-hetero) is 1. The molecule has 0 unspecified atom stereocenters. The van der Waals surface area contributed by atoms with Crippen molar-refractivity contribution >= 4 is 5.78 Å². The summed E-state index contributed by atoms with van der Waals surface area (Å²) >= 11 is 0. The Bertz CT molecular complexity index is 737. The molecule has 0 bridgehead atoms. The molecule has 0 aliphatic rings. The lowest BCUT2D eigenvalue weighted by Crippen LogP contribution is -2.11. The number of rotatable bonds is 4. The van der Waals surface area contributed by atoms with E-state index in [0.717, 1.165) is 12.4 Å². The van der Waals surface area contributed by atoms with E-state index in [0.29, 0.717) is 12.1 Å². The van der Waals surface area contributed by atoms with Crippen LogP contribution in [0.25, 0.3) is 11.4 Å². The third-order valence-electron chi connectivity index (χ3n) is 2.92. The van der Waals surface area contributed by atoms with Gasteiger partial charge in [-0.15, -0.1) is 0 Å². The summed E-state index contributed by atoms with van der Waals surface area (Å²) < 4.78 is 82.0. The quantitative estimate of drug-likeness (QED) is 0.765. The lowest BCUT2D eigenvalue weighted by Gasteiger charge is -2.13. The topological polar surface area (TPSA) is 52.1 Å². The Morgan fingerprint density at radius 2 is 1.44 bits per heavy atom. The molecule has 0 amide bonds. The van der Waals surface area contributed by atoms with E-state index < -0.39 is 29.0 Å². The minimum atomic E-state index is -4.96. The monoisotopic (exact) mass is 364 g/mol. The number of nitrogens with zero attached hydrogens (tertiary/aromatic N) is 2. The van der Waals surface area contributed by atoms with Crippen LogP contribution in [0.1, 0.15) is 18.1 Å². The number of halogens is 6. The Labute approximate surface area is 137 Å². The Morgan fingerprint density at radius 1 is 0.960 bits per heavy atom. The number of carbonyl (C=O) groups is 1. The van der Waals surface area contributed by atoms with E-state index in [1.165, 1.54) is 6.92 Å². The highest BCUT2D eigenvalue weighted by Crippen LogP contribution is 2.38. The molecule has 0 fully saturated rings. The number of ether oxygens (including phenoxy) is 1. The van der Waals surface area contributed by atoms with Gasteiger partial charge in [-0.3, -0.25) is 4.79 Å². The highest BCUT2D eigenvalue weighted by atomic mass is 19.4. The predicted molar refractivity (Wildman–Crippen MR) is 73.6 cm³/mol. The van der Waals surface area contributed by atoms with E-state index in [9.17, 15) is 31.1 Å². The fraction of sp³-hybridized carbons (Fsp3) is 0.267. The Balaban J connectivity index is 2.42. The number of aromatic nitrogens is 2. The normalized spacial score (nSPS) is 12.1. The average Bonchev–Trinajstić information content (AvgIpc) is 2.51. The van der Waals surface area contributed by atoms with Crippen molar-refractivity contribution in [2.45, 2.75) is 19.3 Å². The van der Waals surface area contributed by atoms with Crippen molar-refractivity contribution in [2.24, 2.45) is 0 Å². The van der Waals surface area contributed by atoms with Crippen molar-refractivity contribution in [2.75, 3.05) is 6.61 Å². The highest BCUT2D eigenvalue weighted by Gasteiger charge is 2.37. The molecule has 0 aliphatic heterocycles. The molecule has 0 spiro atoms. The van der Waals surface area contributed by atoms with Crippen LogP contribution in [0.5, 0.6) is 5.75 Å². The molecule has 1 heterocycles. The van der Waals surface area contributed by atoms with Gasteiger partial charge in [-0.1, -0.05) is 0 Å². The lowest BCUT2D eigenvalue weighted by molar-refractivity contribution is -0.143. The van der Waals surface area contributed by atoms with Crippen molar-refractivity contribution in [3.63, 3.8) is 0 Å². The molecule has 10 heteroatoms. The average molecular weight is 364 g/mol. The Kier molecular flexibility index (Phi) is 5.00. The fourth-order valence-electron chi connectivity index (χ4n) is 1.81. The van der Waals surface area contributed by atoms with E-state index in [2.05, 4.69) is 9.97 Å². The number of benzene rings is 1. The summed E-state index contributed by atoms with van der Waals surface area (Å²) in [6, 6.07) is 1.08. The van der Waals surface area contributed by atoms with Crippen molar-refractivity contribution < 1.29 is 35.9 Å². The molecule has 25 heavy (non-hydrogen) atoms. The van der Waals surface area contributed by atoms with Gasteiger partial charge < -0.3 is 4.74 Å². The standard InChI is InChI=1S/C15H10F6N2O2/c1-8(24)7-25-12-5-22-13(23-6-12)9-2-10(14(16,17)18)4-11(3-9)15(19,20)21/h2-6H,7H2,1H3. The molecule has 0 atom stereocenters. The molecule has 2 rings (SSSR count). The van der Waals surface area contributed by atoms with Gasteiger partial charge in [-0.2, -0.15) is 26.3 Å². The van der Waals surface area contributed by atoms with Gasteiger partial charge in [0.25, 0.3) is 0 Å². The van der Waals surface area contributed by atoms with E-state index >= 15 is 0 Å². The van der Waals surface area contributed by atoms with Crippen LogP contribution in [0, 0.1) is 0 Å². The molecule has 2 aromatic rings. The molecular formula is C15H10F6N2O2. The Hall–Kier alpha value is -2.65. The maximum atomic E-state index is 12.8. The third kappa shape index (κ3) is 4.91. The van der Waals surface area contributed by atoms with Crippen LogP contribution in [0.15, 0.2) is 30.6 Å². The predicted octanol–water partition coefficient (Wildman–Crippen LogP) is 4.15. The summed E-state index contributed by atoms with van der Waals surface area (Å²) in [5, 5.41) is 0. The van der Waals surface area contributed by atoms with Crippen LogP contribution < -0.4 is 4.74 Å². The van der Waals surface area contributed by atoms with E-state index in [1.54, 1.807) is 0 Å². The zero-order valence-electron chi connectivity index (χ0n) is 12.6. The van der Waals surface area contributed by atoms with Crippen LogP contribution >= 0.6 is 0 Å². The number of alkyl halides is 6. The molecule has 0 aliphatic carbocycles. The minimum absolute atomic E-state index is 0.0217. The van der Waals surface area contributed by atoms with Crippen molar-refractivity contribution in [3.8, 4) is 17.1 Å². The zero-order valence-corrected chi connectivity index (χ0v) is 12.6. The van der Waals surface area contributed by atoms with Crippen molar-refractivity contribution in [3.05, 3.63) is 41.7 Å². The first-order chi connectivity index (χ1) is 11.5. The number of hydrogen-bond donors (Lipinski definition) is 0. The molecule has 0 radical (unpaired) electrons. The summed E-state index contributed by atoms with van der Waals surface area (Å²) in [6.45, 7) is 1.01. The second-order valence-corrected chi connectivity index (χ2v) is 5.03. The SMILES string of the molecule is CC(=O)COc1cnc(-c2cc(C(F)(F)F)cc(C(F)(F)F)c2)nc1. The van der Waals surface area contributed by atoms with E-state index in [4.69, 9.17) is 4.74 Å². The van der Waals surface area contributed by atoms with Gasteiger partial charge in [0.15, 0.2) is 17.4 Å². The molecule has 134 valence electrons. The van der Waals surface area contributed by atoms with Crippen LogP contribution in [0.4, 0.5) is 26.3 Å². The maximum absolute atomic E-state index is 12.8. The summed E-state index contributed by atoms with van der Waals surface area (Å²) in [5.74, 6) is -0.564. The van der Waals surface area contributed by atoms with Gasteiger partial charge in [-0.25, -0.2) is 9.97 Å². The fourth-order valence-corrected chi connectivity index (χ4v) is 1.81. The highest BCUT2D eigenvalue weighted by molar-refractivity contribution is 5.77. The zero-order chi connectivity index (χ0) is 18.8. The van der Waals surface area contributed by atoms with Gasteiger partial charge >= 0.3 is 12.4 Å². The number of ketones is 1. The van der Waals surface area contributed by atoms with Gasteiger partial charge in [0.05, 0.1) is 23.5 Å². The third-order valence-corrected chi connectivity index (χ3v) is 2.92. The maximum Gasteiger partial charge on any atom is 0.416 e. The minimum Gasteiger partial charge on any atom is -0.483 e. The number of hydrogen-bond acceptors (Lipinski definition) is 4. The molecule has 0 saturated carbocycles.